The number of carbonyl (C=O) groups is 1. The summed E-state index contributed by atoms with van der Waals surface area (Å²) in [7, 11) is 1.61. The molecule has 1 aromatic rings. The Morgan fingerprint density at radius 2 is 2.00 bits per heavy atom. The second-order valence-electron chi connectivity index (χ2n) is 4.22. The van der Waals surface area contributed by atoms with Gasteiger partial charge in [-0.15, -0.1) is 0 Å². The first-order valence-electron chi connectivity index (χ1n) is 6.41. The van der Waals surface area contributed by atoms with Gasteiger partial charge in [0.25, 0.3) is 0 Å². The number of hydrogen-bond donors (Lipinski definition) is 1. The van der Waals surface area contributed by atoms with Crippen molar-refractivity contribution in [1.29, 1.82) is 0 Å². The van der Waals surface area contributed by atoms with Gasteiger partial charge in [-0.1, -0.05) is 12.1 Å². The number of benzene rings is 1. The Morgan fingerprint density at radius 1 is 1.30 bits per heavy atom. The van der Waals surface area contributed by atoms with E-state index in [1.165, 1.54) is 12.1 Å². The molecule has 0 radical (unpaired) electrons. The molecular weight excluding hydrogens is 268 g/mol. The highest BCUT2D eigenvalue weighted by Crippen LogP contribution is 2.15. The zero-order chi connectivity index (χ0) is 14.8. The minimum atomic E-state index is -2.82. The largest absolute Gasteiger partial charge is 0.435 e. The van der Waals surface area contributed by atoms with Crippen molar-refractivity contribution in [2.45, 2.75) is 25.9 Å². The van der Waals surface area contributed by atoms with Crippen molar-refractivity contribution in [3.05, 3.63) is 29.8 Å². The molecule has 0 fully saturated rings. The molecule has 0 aromatic heterocycles. The second-order valence-corrected chi connectivity index (χ2v) is 4.22. The van der Waals surface area contributed by atoms with Crippen molar-refractivity contribution in [2.75, 3.05) is 20.3 Å². The fraction of sp³-hybridized carbons (Fsp3) is 0.500. The third-order valence-electron chi connectivity index (χ3n) is 2.64. The summed E-state index contributed by atoms with van der Waals surface area (Å²) in [5, 5.41) is 2.78. The van der Waals surface area contributed by atoms with Crippen LogP contribution in [-0.2, 0) is 16.0 Å². The highest BCUT2D eigenvalue weighted by atomic mass is 19.3. The number of rotatable bonds is 9. The van der Waals surface area contributed by atoms with Crippen LogP contribution < -0.4 is 10.1 Å². The SMILES string of the molecule is COCCCNC(=O)CCc1ccc(OC(F)F)cc1. The molecule has 0 saturated carbocycles. The van der Waals surface area contributed by atoms with Crippen molar-refractivity contribution in [2.24, 2.45) is 0 Å². The molecule has 0 unspecified atom stereocenters. The zero-order valence-electron chi connectivity index (χ0n) is 11.4. The first-order chi connectivity index (χ1) is 9.61. The molecule has 6 heteroatoms. The van der Waals surface area contributed by atoms with Gasteiger partial charge in [0.1, 0.15) is 5.75 Å². The van der Waals surface area contributed by atoms with E-state index in [2.05, 4.69) is 10.1 Å². The fourth-order valence-electron chi connectivity index (χ4n) is 1.63. The van der Waals surface area contributed by atoms with Crippen LogP contribution >= 0.6 is 0 Å². The van der Waals surface area contributed by atoms with Gasteiger partial charge in [0.2, 0.25) is 5.91 Å². The van der Waals surface area contributed by atoms with Gasteiger partial charge in [0.15, 0.2) is 0 Å². The predicted molar refractivity (Wildman–Crippen MR) is 70.9 cm³/mol. The molecule has 1 N–H and O–H groups in total. The van der Waals surface area contributed by atoms with Crippen LogP contribution in [0, 0.1) is 0 Å². The van der Waals surface area contributed by atoms with Gasteiger partial charge in [-0.25, -0.2) is 0 Å². The Kier molecular flexibility index (Phi) is 7.57. The van der Waals surface area contributed by atoms with E-state index in [1.54, 1.807) is 19.2 Å². The van der Waals surface area contributed by atoms with Crippen molar-refractivity contribution >= 4 is 5.91 Å². The minimum Gasteiger partial charge on any atom is -0.435 e. The monoisotopic (exact) mass is 287 g/mol. The zero-order valence-corrected chi connectivity index (χ0v) is 11.4. The molecule has 0 atom stereocenters. The predicted octanol–water partition coefficient (Wildman–Crippen LogP) is 2.37. The first-order valence-corrected chi connectivity index (χ1v) is 6.41. The van der Waals surface area contributed by atoms with Crippen LogP contribution in [0.1, 0.15) is 18.4 Å². The molecule has 0 spiro atoms. The van der Waals surface area contributed by atoms with E-state index in [-0.39, 0.29) is 11.7 Å². The van der Waals surface area contributed by atoms with E-state index in [0.717, 1.165) is 12.0 Å². The number of amides is 1. The number of alkyl halides is 2. The lowest BCUT2D eigenvalue weighted by molar-refractivity contribution is -0.121. The molecular formula is C14H19F2NO3. The highest BCUT2D eigenvalue weighted by molar-refractivity contribution is 5.76. The van der Waals surface area contributed by atoms with Crippen LogP contribution in [0.3, 0.4) is 0 Å². The van der Waals surface area contributed by atoms with E-state index in [4.69, 9.17) is 4.74 Å². The standard InChI is InChI=1S/C14H19F2NO3/c1-19-10-2-9-17-13(18)8-5-11-3-6-12(7-4-11)20-14(15)16/h3-4,6-7,14H,2,5,8-10H2,1H3,(H,17,18). The Balaban J connectivity index is 2.25. The lowest BCUT2D eigenvalue weighted by Gasteiger charge is -2.07. The Labute approximate surface area is 117 Å². The van der Waals surface area contributed by atoms with Crippen LogP contribution in [-0.4, -0.2) is 32.8 Å². The second kappa shape index (κ2) is 9.25. The number of carbonyl (C=O) groups excluding carboxylic acids is 1. The van der Waals surface area contributed by atoms with Crippen molar-refractivity contribution in [1.82, 2.24) is 5.32 Å². The summed E-state index contributed by atoms with van der Waals surface area (Å²) < 4.78 is 33.0. The number of nitrogens with one attached hydrogen (secondary N) is 1. The van der Waals surface area contributed by atoms with E-state index in [9.17, 15) is 13.6 Å². The summed E-state index contributed by atoms with van der Waals surface area (Å²) in [5.74, 6) is 0.0850. The van der Waals surface area contributed by atoms with Gasteiger partial charge in [-0.05, 0) is 30.5 Å². The van der Waals surface area contributed by atoms with Gasteiger partial charge in [0.05, 0.1) is 0 Å². The maximum Gasteiger partial charge on any atom is 0.387 e. The van der Waals surface area contributed by atoms with Crippen LogP contribution in [0.5, 0.6) is 5.75 Å². The van der Waals surface area contributed by atoms with Gasteiger partial charge >= 0.3 is 6.61 Å². The van der Waals surface area contributed by atoms with Crippen LogP contribution in [0.2, 0.25) is 0 Å². The lowest BCUT2D eigenvalue weighted by atomic mass is 10.1. The highest BCUT2D eigenvalue weighted by Gasteiger charge is 2.05. The van der Waals surface area contributed by atoms with Gasteiger partial charge in [0, 0.05) is 26.7 Å². The molecule has 112 valence electrons. The molecule has 0 aliphatic rings. The van der Waals surface area contributed by atoms with Crippen LogP contribution in [0.4, 0.5) is 8.78 Å². The number of aryl methyl sites for hydroxylation is 1. The molecule has 0 saturated heterocycles. The molecule has 1 amide bonds. The van der Waals surface area contributed by atoms with E-state index >= 15 is 0 Å². The summed E-state index contributed by atoms with van der Waals surface area (Å²) in [6, 6.07) is 6.29. The summed E-state index contributed by atoms with van der Waals surface area (Å²) in [4.78, 5) is 11.5. The number of halogens is 2. The smallest absolute Gasteiger partial charge is 0.387 e. The Hall–Kier alpha value is -1.69. The maximum absolute atomic E-state index is 12.0. The van der Waals surface area contributed by atoms with E-state index in [0.29, 0.717) is 26.0 Å². The van der Waals surface area contributed by atoms with Crippen molar-refractivity contribution < 1.29 is 23.0 Å². The average Bonchev–Trinajstić information content (AvgIpc) is 2.42. The third-order valence-corrected chi connectivity index (χ3v) is 2.64. The van der Waals surface area contributed by atoms with Gasteiger partial charge < -0.3 is 14.8 Å². The number of hydrogen-bond acceptors (Lipinski definition) is 3. The number of methoxy groups -OCH3 is 1. The summed E-state index contributed by atoms with van der Waals surface area (Å²) in [6.45, 7) is -1.61. The minimum absolute atomic E-state index is 0.0333. The Morgan fingerprint density at radius 3 is 2.60 bits per heavy atom. The summed E-state index contributed by atoms with van der Waals surface area (Å²) >= 11 is 0. The van der Waals surface area contributed by atoms with Crippen LogP contribution in [0.15, 0.2) is 24.3 Å². The molecule has 20 heavy (non-hydrogen) atoms. The Bertz CT molecular complexity index is 396. The molecule has 0 aliphatic heterocycles. The fourth-order valence-corrected chi connectivity index (χ4v) is 1.63. The molecule has 1 aromatic carbocycles. The normalized spacial score (nSPS) is 10.6. The van der Waals surface area contributed by atoms with Gasteiger partial charge in [-0.2, -0.15) is 8.78 Å². The van der Waals surface area contributed by atoms with Crippen LogP contribution in [0.25, 0.3) is 0 Å². The quantitative estimate of drug-likeness (QED) is 0.709. The van der Waals surface area contributed by atoms with E-state index in [1.807, 2.05) is 0 Å². The first kappa shape index (κ1) is 16.4. The molecule has 1 rings (SSSR count). The average molecular weight is 287 g/mol. The summed E-state index contributed by atoms with van der Waals surface area (Å²) in [6.07, 6.45) is 1.70. The molecule has 0 aliphatic carbocycles. The lowest BCUT2D eigenvalue weighted by Crippen LogP contribution is -2.25. The summed E-state index contributed by atoms with van der Waals surface area (Å²) in [5.41, 5.74) is 0.902. The van der Waals surface area contributed by atoms with Crippen molar-refractivity contribution in [3.8, 4) is 5.75 Å². The molecule has 0 heterocycles. The molecule has 4 nitrogen and oxygen atoms in total. The molecule has 0 bridgehead atoms. The number of ether oxygens (including phenoxy) is 2. The topological polar surface area (TPSA) is 47.6 Å². The van der Waals surface area contributed by atoms with E-state index < -0.39 is 6.61 Å². The van der Waals surface area contributed by atoms with Crippen molar-refractivity contribution in [3.63, 3.8) is 0 Å². The van der Waals surface area contributed by atoms with Gasteiger partial charge in [-0.3, -0.25) is 4.79 Å². The maximum atomic E-state index is 12.0. The third kappa shape index (κ3) is 7.04.